The highest BCUT2D eigenvalue weighted by Gasteiger charge is 2.15. The van der Waals surface area contributed by atoms with Crippen molar-refractivity contribution in [1.82, 2.24) is 0 Å². The van der Waals surface area contributed by atoms with Crippen LogP contribution in [0.4, 0.5) is 8.78 Å². The van der Waals surface area contributed by atoms with Gasteiger partial charge >= 0.3 is 0 Å². The Labute approximate surface area is 127 Å². The molecular formula is C18H13ClF2. The van der Waals surface area contributed by atoms with Gasteiger partial charge in [0.15, 0.2) is 0 Å². The smallest absolute Gasteiger partial charge is 0.130 e. The third kappa shape index (κ3) is 2.91. The summed E-state index contributed by atoms with van der Waals surface area (Å²) < 4.78 is 26.8. The molecule has 0 amide bonds. The summed E-state index contributed by atoms with van der Waals surface area (Å²) in [5.74, 6) is -1.19. The summed E-state index contributed by atoms with van der Waals surface area (Å²) in [4.78, 5) is 0. The molecular weight excluding hydrogens is 290 g/mol. The van der Waals surface area contributed by atoms with E-state index >= 15 is 0 Å². The molecule has 0 saturated carbocycles. The summed E-state index contributed by atoms with van der Waals surface area (Å²) in [5.41, 5.74) is 1.38. The molecule has 0 aliphatic carbocycles. The van der Waals surface area contributed by atoms with Gasteiger partial charge in [-0.15, -0.1) is 11.6 Å². The number of hydrogen-bond acceptors (Lipinski definition) is 0. The number of fused-ring (bicyclic) bond motifs is 1. The molecule has 21 heavy (non-hydrogen) atoms. The molecule has 0 bridgehead atoms. The number of benzene rings is 3. The van der Waals surface area contributed by atoms with Crippen LogP contribution in [0, 0.1) is 11.6 Å². The summed E-state index contributed by atoms with van der Waals surface area (Å²) in [6.45, 7) is 0. The zero-order valence-corrected chi connectivity index (χ0v) is 11.9. The standard InChI is InChI=1S/C18H13ClF2/c19-17(16-9-8-14(20)11-18(16)21)10-13-6-3-5-12-4-1-2-7-15(12)13/h1-9,11,17H,10H2. The second kappa shape index (κ2) is 5.82. The molecule has 0 spiro atoms. The molecule has 0 saturated heterocycles. The Morgan fingerprint density at radius 3 is 2.48 bits per heavy atom. The molecule has 0 aliphatic rings. The normalized spacial score (nSPS) is 12.5. The van der Waals surface area contributed by atoms with E-state index in [2.05, 4.69) is 0 Å². The first-order valence-electron chi connectivity index (χ1n) is 6.71. The van der Waals surface area contributed by atoms with Crippen molar-refractivity contribution in [3.63, 3.8) is 0 Å². The van der Waals surface area contributed by atoms with Crippen LogP contribution in [-0.4, -0.2) is 0 Å². The molecule has 3 rings (SSSR count). The van der Waals surface area contributed by atoms with Gasteiger partial charge in [-0.25, -0.2) is 8.78 Å². The predicted octanol–water partition coefficient (Wildman–Crippen LogP) is 5.64. The van der Waals surface area contributed by atoms with Gasteiger partial charge in [-0.2, -0.15) is 0 Å². The van der Waals surface area contributed by atoms with Crippen LogP contribution in [0.25, 0.3) is 10.8 Å². The van der Waals surface area contributed by atoms with Gasteiger partial charge in [-0.3, -0.25) is 0 Å². The van der Waals surface area contributed by atoms with Crippen molar-refractivity contribution >= 4 is 22.4 Å². The lowest BCUT2D eigenvalue weighted by atomic mass is 9.98. The average Bonchev–Trinajstić information content (AvgIpc) is 2.47. The minimum Gasteiger partial charge on any atom is -0.207 e. The Morgan fingerprint density at radius 1 is 0.905 bits per heavy atom. The van der Waals surface area contributed by atoms with Crippen molar-refractivity contribution < 1.29 is 8.78 Å². The van der Waals surface area contributed by atoms with Gasteiger partial charge in [0.25, 0.3) is 0 Å². The van der Waals surface area contributed by atoms with Crippen LogP contribution in [0.1, 0.15) is 16.5 Å². The number of hydrogen-bond donors (Lipinski definition) is 0. The Morgan fingerprint density at radius 2 is 1.67 bits per heavy atom. The van der Waals surface area contributed by atoms with E-state index in [9.17, 15) is 8.78 Å². The van der Waals surface area contributed by atoms with Crippen molar-refractivity contribution in [1.29, 1.82) is 0 Å². The third-order valence-corrected chi connectivity index (χ3v) is 3.97. The number of alkyl halides is 1. The molecule has 0 fully saturated rings. The summed E-state index contributed by atoms with van der Waals surface area (Å²) in [6.07, 6.45) is 0.492. The fourth-order valence-electron chi connectivity index (χ4n) is 2.53. The molecule has 0 heterocycles. The molecule has 1 unspecified atom stereocenters. The van der Waals surface area contributed by atoms with Crippen molar-refractivity contribution in [2.75, 3.05) is 0 Å². The third-order valence-electron chi connectivity index (χ3n) is 3.58. The first-order chi connectivity index (χ1) is 10.1. The van der Waals surface area contributed by atoms with Crippen molar-refractivity contribution in [3.05, 3.63) is 83.4 Å². The maximum Gasteiger partial charge on any atom is 0.130 e. The molecule has 3 aromatic carbocycles. The zero-order chi connectivity index (χ0) is 14.8. The van der Waals surface area contributed by atoms with E-state index in [1.807, 2.05) is 42.5 Å². The lowest BCUT2D eigenvalue weighted by Gasteiger charge is -2.13. The van der Waals surface area contributed by atoms with Crippen LogP contribution in [0.2, 0.25) is 0 Å². The first kappa shape index (κ1) is 14.0. The van der Waals surface area contributed by atoms with E-state index in [-0.39, 0.29) is 0 Å². The monoisotopic (exact) mass is 302 g/mol. The van der Waals surface area contributed by atoms with Gasteiger partial charge in [0.05, 0.1) is 5.38 Å². The van der Waals surface area contributed by atoms with Gasteiger partial charge in [0.1, 0.15) is 11.6 Å². The fourth-order valence-corrected chi connectivity index (χ4v) is 2.87. The molecule has 0 aromatic heterocycles. The SMILES string of the molecule is Fc1ccc(C(Cl)Cc2cccc3ccccc23)c(F)c1. The zero-order valence-electron chi connectivity index (χ0n) is 11.2. The van der Waals surface area contributed by atoms with Crippen LogP contribution in [0.3, 0.4) is 0 Å². The minimum absolute atomic E-state index is 0.325. The molecule has 0 nitrogen and oxygen atoms in total. The van der Waals surface area contributed by atoms with Gasteiger partial charge in [-0.1, -0.05) is 48.5 Å². The number of halogens is 3. The largest absolute Gasteiger partial charge is 0.207 e. The average molecular weight is 303 g/mol. The quantitative estimate of drug-likeness (QED) is 0.549. The fraction of sp³-hybridized carbons (Fsp3) is 0.111. The predicted molar refractivity (Wildman–Crippen MR) is 82.6 cm³/mol. The van der Waals surface area contributed by atoms with Crippen molar-refractivity contribution in [2.24, 2.45) is 0 Å². The highest BCUT2D eigenvalue weighted by molar-refractivity contribution is 6.21. The minimum atomic E-state index is -0.602. The van der Waals surface area contributed by atoms with E-state index in [0.717, 1.165) is 22.4 Å². The summed E-state index contributed by atoms with van der Waals surface area (Å²) in [5, 5.41) is 1.70. The second-order valence-electron chi connectivity index (χ2n) is 4.98. The second-order valence-corrected chi connectivity index (χ2v) is 5.50. The summed E-state index contributed by atoms with van der Waals surface area (Å²) in [6, 6.07) is 17.5. The first-order valence-corrected chi connectivity index (χ1v) is 7.14. The van der Waals surface area contributed by atoms with Gasteiger partial charge in [0.2, 0.25) is 0 Å². The van der Waals surface area contributed by atoms with E-state index in [4.69, 9.17) is 11.6 Å². The van der Waals surface area contributed by atoms with Crippen LogP contribution in [0.5, 0.6) is 0 Å². The van der Waals surface area contributed by atoms with Crippen LogP contribution in [0.15, 0.2) is 60.7 Å². The Hall–Kier alpha value is -1.93. The van der Waals surface area contributed by atoms with Crippen molar-refractivity contribution in [3.8, 4) is 0 Å². The van der Waals surface area contributed by atoms with Crippen LogP contribution < -0.4 is 0 Å². The number of rotatable bonds is 3. The Kier molecular flexibility index (Phi) is 3.89. The summed E-state index contributed by atoms with van der Waals surface area (Å²) >= 11 is 6.34. The highest BCUT2D eigenvalue weighted by Crippen LogP contribution is 2.30. The lowest BCUT2D eigenvalue weighted by Crippen LogP contribution is -2.00. The highest BCUT2D eigenvalue weighted by atomic mass is 35.5. The molecule has 0 aliphatic heterocycles. The van der Waals surface area contributed by atoms with E-state index in [1.54, 1.807) is 0 Å². The maximum absolute atomic E-state index is 13.8. The molecule has 3 heteroatoms. The maximum atomic E-state index is 13.8. The van der Waals surface area contributed by atoms with Crippen molar-refractivity contribution in [2.45, 2.75) is 11.8 Å². The molecule has 3 aromatic rings. The topological polar surface area (TPSA) is 0 Å². The molecule has 0 N–H and O–H groups in total. The molecule has 0 radical (unpaired) electrons. The Balaban J connectivity index is 1.94. The molecule has 106 valence electrons. The van der Waals surface area contributed by atoms with Crippen LogP contribution in [-0.2, 0) is 6.42 Å². The summed E-state index contributed by atoms with van der Waals surface area (Å²) in [7, 11) is 0. The van der Waals surface area contributed by atoms with Gasteiger partial charge < -0.3 is 0 Å². The van der Waals surface area contributed by atoms with E-state index in [0.29, 0.717) is 12.0 Å². The molecule has 1 atom stereocenters. The Bertz CT molecular complexity index is 778. The lowest BCUT2D eigenvalue weighted by molar-refractivity contribution is 0.570. The van der Waals surface area contributed by atoms with Crippen LogP contribution >= 0.6 is 11.6 Å². The van der Waals surface area contributed by atoms with Gasteiger partial charge in [-0.05, 0) is 28.8 Å². The van der Waals surface area contributed by atoms with Gasteiger partial charge in [0, 0.05) is 11.6 Å². The van der Waals surface area contributed by atoms with E-state index in [1.165, 1.54) is 12.1 Å². The van der Waals surface area contributed by atoms with E-state index < -0.39 is 17.0 Å².